The summed E-state index contributed by atoms with van der Waals surface area (Å²) in [6.07, 6.45) is -1.02. The summed E-state index contributed by atoms with van der Waals surface area (Å²) in [5, 5.41) is -0.0509. The summed E-state index contributed by atoms with van der Waals surface area (Å²) in [5.41, 5.74) is 1.80. The van der Waals surface area contributed by atoms with Crippen molar-refractivity contribution in [1.29, 1.82) is 0 Å². The van der Waals surface area contributed by atoms with Gasteiger partial charge >= 0.3 is 6.09 Å². The molecule has 8 nitrogen and oxygen atoms in total. The molecule has 0 saturated carbocycles. The summed E-state index contributed by atoms with van der Waals surface area (Å²) in [6.45, 7) is 12.6. The molecule has 0 spiro atoms. The minimum atomic E-state index is -4.00. The SMILES string of the molecule is Cc1ccc(S(=O)(=O)O[C@@H]2C[C@@H](COO[Si](C)(C)C(C)(C)C)N(C(=O)OCc3ccccc3)C2)cc1. The van der Waals surface area contributed by atoms with Gasteiger partial charge in [-0.1, -0.05) is 68.8 Å². The van der Waals surface area contributed by atoms with Crippen LogP contribution in [-0.4, -0.2) is 53.0 Å². The summed E-state index contributed by atoms with van der Waals surface area (Å²) in [7, 11) is -6.17. The molecule has 1 amide bonds. The Morgan fingerprint density at radius 3 is 2.31 bits per heavy atom. The van der Waals surface area contributed by atoms with E-state index < -0.39 is 36.7 Å². The number of ether oxygens (including phenoxy) is 1. The molecule has 0 unspecified atom stereocenters. The molecule has 2 atom stereocenters. The van der Waals surface area contributed by atoms with Crippen LogP contribution >= 0.6 is 0 Å². The van der Waals surface area contributed by atoms with E-state index in [0.717, 1.165) is 11.1 Å². The highest BCUT2D eigenvalue weighted by Gasteiger charge is 2.42. The second kappa shape index (κ2) is 11.4. The highest BCUT2D eigenvalue weighted by molar-refractivity contribution is 7.86. The van der Waals surface area contributed by atoms with Crippen LogP contribution in [0.25, 0.3) is 0 Å². The molecule has 1 heterocycles. The normalized spacial score (nSPS) is 18.9. The van der Waals surface area contributed by atoms with Crippen LogP contribution in [0.15, 0.2) is 59.5 Å². The highest BCUT2D eigenvalue weighted by Crippen LogP contribution is 2.37. The average molecular weight is 536 g/mol. The first kappa shape index (κ1) is 28.3. The number of benzene rings is 2. The molecule has 1 fully saturated rings. The van der Waals surface area contributed by atoms with E-state index in [1.165, 1.54) is 17.0 Å². The quantitative estimate of drug-likeness (QED) is 0.183. The van der Waals surface area contributed by atoms with Gasteiger partial charge in [-0.25, -0.2) is 9.68 Å². The van der Waals surface area contributed by atoms with Crippen LogP contribution in [0.1, 0.15) is 38.3 Å². The fourth-order valence-electron chi connectivity index (χ4n) is 3.45. The van der Waals surface area contributed by atoms with Gasteiger partial charge in [0, 0.05) is 0 Å². The predicted octanol–water partition coefficient (Wildman–Crippen LogP) is 5.43. The Morgan fingerprint density at radius 2 is 1.69 bits per heavy atom. The van der Waals surface area contributed by atoms with Crippen molar-refractivity contribution in [3.05, 3.63) is 65.7 Å². The first-order chi connectivity index (χ1) is 16.8. The molecule has 1 aliphatic heterocycles. The summed E-state index contributed by atoms with van der Waals surface area (Å²) >= 11 is 0. The van der Waals surface area contributed by atoms with E-state index in [4.69, 9.17) is 18.4 Å². The van der Waals surface area contributed by atoms with Gasteiger partial charge in [0.15, 0.2) is 0 Å². The molecule has 3 rings (SSSR count). The summed E-state index contributed by atoms with van der Waals surface area (Å²) in [4.78, 5) is 20.2. The minimum absolute atomic E-state index is 0.0509. The molecule has 0 radical (unpaired) electrons. The van der Waals surface area contributed by atoms with Gasteiger partial charge in [0.05, 0.1) is 23.6 Å². The van der Waals surface area contributed by atoms with Crippen molar-refractivity contribution < 1.29 is 31.6 Å². The van der Waals surface area contributed by atoms with Crippen LogP contribution < -0.4 is 0 Å². The number of hydrogen-bond donors (Lipinski definition) is 0. The lowest BCUT2D eigenvalue weighted by atomic mass is 10.2. The Kier molecular flexibility index (Phi) is 9.00. The lowest BCUT2D eigenvalue weighted by Crippen LogP contribution is -2.43. The van der Waals surface area contributed by atoms with Crippen LogP contribution in [0.3, 0.4) is 0 Å². The zero-order valence-corrected chi connectivity index (χ0v) is 23.7. The number of aryl methyl sites for hydroxylation is 1. The predicted molar refractivity (Wildman–Crippen MR) is 139 cm³/mol. The molecule has 1 aliphatic rings. The van der Waals surface area contributed by atoms with E-state index >= 15 is 0 Å². The number of carbonyl (C=O) groups is 1. The first-order valence-corrected chi connectivity index (χ1v) is 16.4. The molecular formula is C26H37NO7SSi. The van der Waals surface area contributed by atoms with E-state index in [9.17, 15) is 13.2 Å². The lowest BCUT2D eigenvalue weighted by molar-refractivity contribution is -0.229. The van der Waals surface area contributed by atoms with Crippen LogP contribution in [0, 0.1) is 6.92 Å². The molecule has 2 aromatic carbocycles. The number of likely N-dealkylation sites (tertiary alicyclic amines) is 1. The summed E-state index contributed by atoms with van der Waals surface area (Å²) in [6, 6.07) is 15.4. The molecule has 0 aromatic heterocycles. The monoisotopic (exact) mass is 535 g/mol. The van der Waals surface area contributed by atoms with Gasteiger partial charge in [0.2, 0.25) is 8.32 Å². The summed E-state index contributed by atoms with van der Waals surface area (Å²) in [5.74, 6) is 0. The van der Waals surface area contributed by atoms with Crippen molar-refractivity contribution in [2.24, 2.45) is 0 Å². The standard InChI is InChI=1S/C26H37NO7SSi/c1-20-12-14-24(15-13-20)35(29,30)33-23-16-22(19-32-34-36(5,6)26(2,3)4)27(17-23)25(28)31-18-21-10-8-7-9-11-21/h7-15,22-23H,16-19H2,1-6H3/t22-,23+/m0/s1. The Labute approximate surface area is 215 Å². The van der Waals surface area contributed by atoms with Crippen molar-refractivity contribution >= 4 is 24.5 Å². The first-order valence-electron chi connectivity index (χ1n) is 12.1. The Balaban J connectivity index is 1.69. The van der Waals surface area contributed by atoms with Gasteiger partial charge in [-0.2, -0.15) is 8.42 Å². The van der Waals surface area contributed by atoms with Crippen molar-refractivity contribution in [2.45, 2.75) is 75.9 Å². The molecule has 36 heavy (non-hydrogen) atoms. The second-order valence-corrected chi connectivity index (χ2v) is 17.0. The third kappa shape index (κ3) is 7.39. The number of hydrogen-bond acceptors (Lipinski definition) is 7. The van der Waals surface area contributed by atoms with Gasteiger partial charge in [-0.3, -0.25) is 8.76 Å². The van der Waals surface area contributed by atoms with E-state index in [0.29, 0.717) is 0 Å². The molecular weight excluding hydrogens is 498 g/mol. The fourth-order valence-corrected chi connectivity index (χ4v) is 5.14. The van der Waals surface area contributed by atoms with E-state index in [-0.39, 0.29) is 36.1 Å². The molecule has 0 aliphatic carbocycles. The maximum Gasteiger partial charge on any atom is 0.410 e. The highest BCUT2D eigenvalue weighted by atomic mass is 32.2. The Hall–Kier alpha value is -2.24. The van der Waals surface area contributed by atoms with Crippen molar-refractivity contribution in [2.75, 3.05) is 13.2 Å². The van der Waals surface area contributed by atoms with E-state index in [1.54, 1.807) is 12.1 Å². The minimum Gasteiger partial charge on any atom is -0.445 e. The zero-order valence-electron chi connectivity index (χ0n) is 21.9. The second-order valence-electron chi connectivity index (χ2n) is 10.7. The third-order valence-corrected chi connectivity index (χ3v) is 12.2. The fraction of sp³-hybridized carbons (Fsp3) is 0.500. The smallest absolute Gasteiger partial charge is 0.410 e. The van der Waals surface area contributed by atoms with Crippen LogP contribution in [-0.2, 0) is 35.1 Å². The van der Waals surface area contributed by atoms with Crippen LogP contribution in [0.2, 0.25) is 18.1 Å². The topological polar surface area (TPSA) is 91.4 Å². The number of rotatable bonds is 9. The largest absolute Gasteiger partial charge is 0.445 e. The van der Waals surface area contributed by atoms with Gasteiger partial charge < -0.3 is 9.64 Å². The van der Waals surface area contributed by atoms with Crippen molar-refractivity contribution in [3.8, 4) is 0 Å². The molecule has 198 valence electrons. The van der Waals surface area contributed by atoms with E-state index in [2.05, 4.69) is 33.9 Å². The average Bonchev–Trinajstić information content (AvgIpc) is 3.19. The zero-order chi connectivity index (χ0) is 26.6. The molecule has 1 saturated heterocycles. The Bertz CT molecular complexity index is 1120. The molecule has 10 heteroatoms. The van der Waals surface area contributed by atoms with Crippen LogP contribution in [0.5, 0.6) is 0 Å². The Morgan fingerprint density at radius 1 is 1.06 bits per heavy atom. The van der Waals surface area contributed by atoms with Crippen LogP contribution in [0.4, 0.5) is 4.79 Å². The number of carbonyl (C=O) groups excluding carboxylic acids is 1. The van der Waals surface area contributed by atoms with Gasteiger partial charge in [-0.15, -0.1) is 0 Å². The van der Waals surface area contributed by atoms with Gasteiger partial charge in [-0.05, 0) is 49.2 Å². The number of nitrogens with zero attached hydrogens (tertiary/aromatic N) is 1. The van der Waals surface area contributed by atoms with Gasteiger partial charge in [0.1, 0.15) is 13.2 Å². The molecule has 0 bridgehead atoms. The van der Waals surface area contributed by atoms with E-state index in [1.807, 2.05) is 37.3 Å². The summed E-state index contributed by atoms with van der Waals surface area (Å²) < 4.78 is 42.6. The maximum atomic E-state index is 13.0. The van der Waals surface area contributed by atoms with Crippen molar-refractivity contribution in [3.63, 3.8) is 0 Å². The maximum absolute atomic E-state index is 13.0. The third-order valence-electron chi connectivity index (χ3n) is 6.72. The molecule has 2 aromatic rings. The number of amides is 1. The van der Waals surface area contributed by atoms with Gasteiger partial charge in [0.25, 0.3) is 10.1 Å². The van der Waals surface area contributed by atoms with Crippen molar-refractivity contribution in [1.82, 2.24) is 4.90 Å². The lowest BCUT2D eigenvalue weighted by Gasteiger charge is -2.35. The molecule has 0 N–H and O–H groups in total.